The van der Waals surface area contributed by atoms with Gasteiger partial charge in [-0.2, -0.15) is 0 Å². The number of hydrogen-bond donors (Lipinski definition) is 3. The molecule has 27 heavy (non-hydrogen) atoms. The predicted octanol–water partition coefficient (Wildman–Crippen LogP) is 2.97. The van der Waals surface area contributed by atoms with E-state index in [2.05, 4.69) is 16.0 Å². The van der Waals surface area contributed by atoms with Crippen molar-refractivity contribution in [2.75, 3.05) is 19.5 Å². The van der Waals surface area contributed by atoms with E-state index in [1.54, 1.807) is 32.2 Å². The first-order valence-corrected chi connectivity index (χ1v) is 8.40. The van der Waals surface area contributed by atoms with E-state index in [4.69, 9.17) is 9.47 Å². The molecule has 2 aromatic rings. The Labute approximate surface area is 157 Å². The van der Waals surface area contributed by atoms with Crippen molar-refractivity contribution in [3.63, 3.8) is 0 Å². The van der Waals surface area contributed by atoms with Gasteiger partial charge in [-0.25, -0.2) is 4.79 Å². The summed E-state index contributed by atoms with van der Waals surface area (Å²) < 4.78 is 10.5. The number of allylic oxidation sites excluding steroid dienone is 1. The molecule has 140 valence electrons. The van der Waals surface area contributed by atoms with Gasteiger partial charge in [0.15, 0.2) is 0 Å². The number of rotatable bonds is 5. The average Bonchev–Trinajstić information content (AvgIpc) is 2.68. The third kappa shape index (κ3) is 3.87. The van der Waals surface area contributed by atoms with Crippen molar-refractivity contribution in [2.24, 2.45) is 0 Å². The molecule has 1 aliphatic heterocycles. The lowest BCUT2D eigenvalue weighted by Gasteiger charge is -2.28. The Balaban J connectivity index is 1.94. The number of carbonyl (C=O) groups excluding carboxylic acids is 2. The van der Waals surface area contributed by atoms with Gasteiger partial charge in [0.05, 0.1) is 31.5 Å². The molecule has 1 atom stereocenters. The summed E-state index contributed by atoms with van der Waals surface area (Å²) >= 11 is 0. The summed E-state index contributed by atoms with van der Waals surface area (Å²) in [6.07, 6.45) is 0. The molecule has 1 unspecified atom stereocenters. The standard InChI is InChI=1S/C20H21N3O4/c1-12-17(18(23-20(25)21-12)13-7-5-4-6-8-13)19(24)22-15-10-9-14(26-2)11-16(15)27-3/h4-11,18H,1-3H3,(H,22,24)(H2,21,23,25). The van der Waals surface area contributed by atoms with Crippen molar-refractivity contribution in [2.45, 2.75) is 13.0 Å². The van der Waals surface area contributed by atoms with Gasteiger partial charge >= 0.3 is 6.03 Å². The minimum absolute atomic E-state index is 0.336. The summed E-state index contributed by atoms with van der Waals surface area (Å²) in [6, 6.07) is 13.6. The molecule has 3 rings (SSSR count). The van der Waals surface area contributed by atoms with Crippen LogP contribution in [-0.4, -0.2) is 26.2 Å². The molecule has 3 N–H and O–H groups in total. The molecular formula is C20H21N3O4. The second-order valence-corrected chi connectivity index (χ2v) is 6.00. The summed E-state index contributed by atoms with van der Waals surface area (Å²) in [4.78, 5) is 25.0. The third-order valence-electron chi connectivity index (χ3n) is 4.30. The summed E-state index contributed by atoms with van der Waals surface area (Å²) in [5.41, 5.74) is 2.25. The van der Waals surface area contributed by atoms with Gasteiger partial charge in [-0.15, -0.1) is 0 Å². The van der Waals surface area contributed by atoms with E-state index in [0.717, 1.165) is 5.56 Å². The van der Waals surface area contributed by atoms with Crippen molar-refractivity contribution in [3.05, 3.63) is 65.4 Å². The van der Waals surface area contributed by atoms with E-state index in [1.165, 1.54) is 7.11 Å². The largest absolute Gasteiger partial charge is 0.497 e. The summed E-state index contributed by atoms with van der Waals surface area (Å²) in [5, 5.41) is 8.33. The van der Waals surface area contributed by atoms with Crippen LogP contribution in [0.1, 0.15) is 18.5 Å². The molecule has 7 nitrogen and oxygen atoms in total. The van der Waals surface area contributed by atoms with Gasteiger partial charge in [-0.3, -0.25) is 4.79 Å². The van der Waals surface area contributed by atoms with Crippen LogP contribution < -0.4 is 25.4 Å². The Morgan fingerprint density at radius 1 is 1.07 bits per heavy atom. The number of hydrogen-bond acceptors (Lipinski definition) is 4. The van der Waals surface area contributed by atoms with Crippen LogP contribution in [0.2, 0.25) is 0 Å². The molecule has 0 saturated heterocycles. The highest BCUT2D eigenvalue weighted by atomic mass is 16.5. The summed E-state index contributed by atoms with van der Waals surface area (Å²) in [7, 11) is 3.08. The maximum Gasteiger partial charge on any atom is 0.319 e. The van der Waals surface area contributed by atoms with Crippen LogP contribution >= 0.6 is 0 Å². The number of amides is 3. The highest BCUT2D eigenvalue weighted by molar-refractivity contribution is 6.07. The molecule has 0 spiro atoms. The lowest BCUT2D eigenvalue weighted by molar-refractivity contribution is -0.113. The fourth-order valence-corrected chi connectivity index (χ4v) is 2.98. The average molecular weight is 367 g/mol. The molecule has 0 radical (unpaired) electrons. The van der Waals surface area contributed by atoms with Crippen LogP contribution in [0.15, 0.2) is 59.8 Å². The molecule has 0 aromatic heterocycles. The molecule has 3 amide bonds. The second kappa shape index (κ2) is 7.82. The molecule has 1 aliphatic rings. The molecule has 0 fully saturated rings. The van der Waals surface area contributed by atoms with E-state index in [1.807, 2.05) is 30.3 Å². The topological polar surface area (TPSA) is 88.7 Å². The van der Waals surface area contributed by atoms with Crippen molar-refractivity contribution in [3.8, 4) is 11.5 Å². The molecule has 0 saturated carbocycles. The zero-order valence-corrected chi connectivity index (χ0v) is 15.3. The van der Waals surface area contributed by atoms with Crippen molar-refractivity contribution < 1.29 is 19.1 Å². The SMILES string of the molecule is COc1ccc(NC(=O)C2=C(C)NC(=O)NC2c2ccccc2)c(OC)c1. The molecule has 1 heterocycles. The second-order valence-electron chi connectivity index (χ2n) is 6.00. The minimum atomic E-state index is -0.552. The number of carbonyl (C=O) groups is 2. The van der Waals surface area contributed by atoms with Crippen LogP contribution in [0.4, 0.5) is 10.5 Å². The first-order chi connectivity index (χ1) is 13.0. The molecule has 2 aromatic carbocycles. The smallest absolute Gasteiger partial charge is 0.319 e. The zero-order valence-electron chi connectivity index (χ0n) is 15.3. The number of methoxy groups -OCH3 is 2. The number of urea groups is 1. The quantitative estimate of drug-likeness (QED) is 0.758. The van der Waals surface area contributed by atoms with E-state index in [9.17, 15) is 9.59 Å². The van der Waals surface area contributed by atoms with Crippen LogP contribution in [-0.2, 0) is 4.79 Å². The number of ether oxygens (including phenoxy) is 2. The minimum Gasteiger partial charge on any atom is -0.497 e. The third-order valence-corrected chi connectivity index (χ3v) is 4.30. The summed E-state index contributed by atoms with van der Waals surface area (Å²) in [5.74, 6) is 0.761. The Bertz CT molecular complexity index is 893. The first-order valence-electron chi connectivity index (χ1n) is 8.40. The predicted molar refractivity (Wildman–Crippen MR) is 102 cm³/mol. The van der Waals surface area contributed by atoms with E-state index in [-0.39, 0.29) is 11.9 Å². The maximum atomic E-state index is 13.0. The highest BCUT2D eigenvalue weighted by Gasteiger charge is 2.31. The first kappa shape index (κ1) is 18.3. The van der Waals surface area contributed by atoms with Crippen LogP contribution in [0.25, 0.3) is 0 Å². The highest BCUT2D eigenvalue weighted by Crippen LogP contribution is 2.32. The molecule has 0 aliphatic carbocycles. The van der Waals surface area contributed by atoms with Gasteiger partial charge in [0.1, 0.15) is 11.5 Å². The lowest BCUT2D eigenvalue weighted by Crippen LogP contribution is -2.45. The fourth-order valence-electron chi connectivity index (χ4n) is 2.98. The molecular weight excluding hydrogens is 346 g/mol. The van der Waals surface area contributed by atoms with Gasteiger partial charge in [0, 0.05) is 11.8 Å². The van der Waals surface area contributed by atoms with Gasteiger partial charge in [0.2, 0.25) is 0 Å². The van der Waals surface area contributed by atoms with Gasteiger partial charge < -0.3 is 25.4 Å². The van der Waals surface area contributed by atoms with Crippen molar-refractivity contribution in [1.82, 2.24) is 10.6 Å². The van der Waals surface area contributed by atoms with Crippen LogP contribution in [0.5, 0.6) is 11.5 Å². The Morgan fingerprint density at radius 3 is 2.48 bits per heavy atom. The molecule has 7 heteroatoms. The van der Waals surface area contributed by atoms with Crippen LogP contribution in [0, 0.1) is 0 Å². The Kier molecular flexibility index (Phi) is 5.30. The number of anilines is 1. The number of nitrogens with one attached hydrogen (secondary N) is 3. The van der Waals surface area contributed by atoms with Crippen molar-refractivity contribution >= 4 is 17.6 Å². The van der Waals surface area contributed by atoms with E-state index in [0.29, 0.717) is 28.5 Å². The van der Waals surface area contributed by atoms with Gasteiger partial charge in [-0.05, 0) is 24.6 Å². The summed E-state index contributed by atoms with van der Waals surface area (Å²) in [6.45, 7) is 1.70. The molecule has 0 bridgehead atoms. The monoisotopic (exact) mass is 367 g/mol. The van der Waals surface area contributed by atoms with E-state index < -0.39 is 6.04 Å². The van der Waals surface area contributed by atoms with Gasteiger partial charge in [-0.1, -0.05) is 30.3 Å². The fraction of sp³-hybridized carbons (Fsp3) is 0.200. The van der Waals surface area contributed by atoms with Gasteiger partial charge in [0.25, 0.3) is 5.91 Å². The zero-order chi connectivity index (χ0) is 19.4. The number of benzene rings is 2. The lowest BCUT2D eigenvalue weighted by atomic mass is 9.95. The maximum absolute atomic E-state index is 13.0. The Morgan fingerprint density at radius 2 is 1.81 bits per heavy atom. The van der Waals surface area contributed by atoms with Crippen LogP contribution in [0.3, 0.4) is 0 Å². The Hall–Kier alpha value is -3.48. The normalized spacial score (nSPS) is 16.3. The van der Waals surface area contributed by atoms with E-state index >= 15 is 0 Å². The van der Waals surface area contributed by atoms with Crippen molar-refractivity contribution in [1.29, 1.82) is 0 Å².